The van der Waals surface area contributed by atoms with Crippen LogP contribution in [0.2, 0.25) is 0 Å². The summed E-state index contributed by atoms with van der Waals surface area (Å²) in [5.74, 6) is 2.32. The van der Waals surface area contributed by atoms with Crippen molar-refractivity contribution in [2.45, 2.75) is 24.8 Å². The molecule has 2 aliphatic rings. The van der Waals surface area contributed by atoms with Crippen LogP contribution in [0.4, 0.5) is 5.95 Å². The first-order valence-electron chi connectivity index (χ1n) is 12.5. The Balaban J connectivity index is 1.38. The smallest absolute Gasteiger partial charge is 0.226 e. The predicted octanol–water partition coefficient (Wildman–Crippen LogP) is 5.39. The van der Waals surface area contributed by atoms with Crippen molar-refractivity contribution in [3.05, 3.63) is 95.5 Å². The molecule has 1 aromatic heterocycles. The zero-order valence-corrected chi connectivity index (χ0v) is 21.5. The number of nitrogens with zero attached hydrogens (tertiary/aromatic N) is 3. The summed E-state index contributed by atoms with van der Waals surface area (Å²) in [5.41, 5.74) is 5.82. The quantitative estimate of drug-likeness (QED) is 0.374. The summed E-state index contributed by atoms with van der Waals surface area (Å²) in [7, 11) is 4.77. The zero-order valence-electron chi connectivity index (χ0n) is 21.5. The number of ketones is 1. The molecule has 0 unspecified atom stereocenters. The first-order valence-corrected chi connectivity index (χ1v) is 12.5. The molecular formula is C30H28N4O4. The fourth-order valence-electron chi connectivity index (χ4n) is 5.52. The molecule has 1 aliphatic heterocycles. The summed E-state index contributed by atoms with van der Waals surface area (Å²) < 4.78 is 18.4. The third-order valence-corrected chi connectivity index (χ3v) is 7.35. The van der Waals surface area contributed by atoms with Gasteiger partial charge in [0.15, 0.2) is 17.3 Å². The fourth-order valence-corrected chi connectivity index (χ4v) is 5.52. The average molecular weight is 509 g/mol. The van der Waals surface area contributed by atoms with Crippen molar-refractivity contribution < 1.29 is 19.0 Å². The average Bonchev–Trinajstić information content (AvgIpc) is 3.44. The summed E-state index contributed by atoms with van der Waals surface area (Å²) in [6.45, 7) is 0. The molecule has 0 spiro atoms. The highest BCUT2D eigenvalue weighted by Gasteiger charge is 2.39. The monoisotopic (exact) mass is 508 g/mol. The second kappa shape index (κ2) is 9.70. The van der Waals surface area contributed by atoms with E-state index < -0.39 is 0 Å². The van der Waals surface area contributed by atoms with Gasteiger partial charge >= 0.3 is 0 Å². The Morgan fingerprint density at radius 1 is 0.842 bits per heavy atom. The summed E-state index contributed by atoms with van der Waals surface area (Å²) in [6.07, 6.45) is 2.53. The predicted molar refractivity (Wildman–Crippen MR) is 144 cm³/mol. The second-order valence-electron chi connectivity index (χ2n) is 9.42. The van der Waals surface area contributed by atoms with Gasteiger partial charge in [-0.1, -0.05) is 54.6 Å². The van der Waals surface area contributed by atoms with E-state index in [0.29, 0.717) is 36.0 Å². The van der Waals surface area contributed by atoms with Gasteiger partial charge in [0.25, 0.3) is 0 Å². The SMILES string of the molecule is COc1cc([C@@H]2CC(=O)C3=C(C2)Nc2ncnn2[C@H]3c2ccc(-c3ccccc3)cc2)cc(OC)c1OC. The van der Waals surface area contributed by atoms with Gasteiger partial charge in [-0.25, -0.2) is 4.68 Å². The minimum absolute atomic E-state index is 0.0574. The Labute approximate surface area is 220 Å². The van der Waals surface area contributed by atoms with E-state index in [1.54, 1.807) is 26.0 Å². The number of Topliss-reactive ketones (excluding diaryl/α,β-unsaturated/α-hetero) is 1. The van der Waals surface area contributed by atoms with E-state index in [1.807, 2.05) is 30.3 Å². The highest BCUT2D eigenvalue weighted by Crippen LogP contribution is 2.47. The lowest BCUT2D eigenvalue weighted by Crippen LogP contribution is -2.33. The number of fused-ring (bicyclic) bond motifs is 1. The number of carbonyl (C=O) groups excluding carboxylic acids is 1. The molecular weight excluding hydrogens is 480 g/mol. The van der Waals surface area contributed by atoms with E-state index in [1.165, 1.54) is 6.33 Å². The number of nitrogens with one attached hydrogen (secondary N) is 1. The molecule has 0 radical (unpaired) electrons. The number of benzene rings is 3. The molecule has 0 bridgehead atoms. The maximum Gasteiger partial charge on any atom is 0.226 e. The Bertz CT molecular complexity index is 1500. The van der Waals surface area contributed by atoms with E-state index in [2.05, 4.69) is 51.8 Å². The third-order valence-electron chi connectivity index (χ3n) is 7.35. The highest BCUT2D eigenvalue weighted by atomic mass is 16.5. The van der Waals surface area contributed by atoms with Crippen molar-refractivity contribution in [3.63, 3.8) is 0 Å². The van der Waals surface area contributed by atoms with Gasteiger partial charge in [0, 0.05) is 17.7 Å². The minimum Gasteiger partial charge on any atom is -0.493 e. The van der Waals surface area contributed by atoms with Gasteiger partial charge < -0.3 is 19.5 Å². The summed E-state index contributed by atoms with van der Waals surface area (Å²) in [5, 5.41) is 7.86. The topological polar surface area (TPSA) is 87.5 Å². The van der Waals surface area contributed by atoms with E-state index in [-0.39, 0.29) is 17.7 Å². The molecule has 6 rings (SSSR count). The third kappa shape index (κ3) is 3.98. The Morgan fingerprint density at radius 3 is 2.18 bits per heavy atom. The molecule has 38 heavy (non-hydrogen) atoms. The first kappa shape index (κ1) is 23.8. The van der Waals surface area contributed by atoms with Crippen molar-refractivity contribution in [2.75, 3.05) is 26.6 Å². The van der Waals surface area contributed by atoms with Crippen LogP contribution >= 0.6 is 0 Å². The number of carbonyl (C=O) groups is 1. The van der Waals surface area contributed by atoms with E-state index in [4.69, 9.17) is 14.2 Å². The van der Waals surface area contributed by atoms with Crippen LogP contribution in [0.25, 0.3) is 11.1 Å². The van der Waals surface area contributed by atoms with E-state index in [0.717, 1.165) is 33.5 Å². The molecule has 1 N–H and O–H groups in total. The highest BCUT2D eigenvalue weighted by molar-refractivity contribution is 6.00. The Hall–Kier alpha value is -4.59. The van der Waals surface area contributed by atoms with Crippen LogP contribution in [0.3, 0.4) is 0 Å². The molecule has 192 valence electrons. The number of methoxy groups -OCH3 is 3. The maximum atomic E-state index is 13.8. The molecule has 4 aromatic rings. The Morgan fingerprint density at radius 2 is 1.53 bits per heavy atom. The summed E-state index contributed by atoms with van der Waals surface area (Å²) in [4.78, 5) is 18.2. The standard InChI is InChI=1S/C30H28N4O4/c1-36-25-15-22(16-26(37-2)29(25)38-3)21-13-23-27(24(35)14-21)28(34-30(33-23)31-17-32-34)20-11-9-19(10-12-20)18-7-5-4-6-8-18/h4-12,15-17,21,28H,13-14H2,1-3H3,(H,31,32,33)/t21-,28-/m0/s1. The van der Waals surface area contributed by atoms with Gasteiger partial charge in [0.1, 0.15) is 12.4 Å². The van der Waals surface area contributed by atoms with Crippen LogP contribution in [0.15, 0.2) is 84.3 Å². The molecule has 0 amide bonds. The number of hydrogen-bond donors (Lipinski definition) is 1. The molecule has 2 heterocycles. The largest absolute Gasteiger partial charge is 0.493 e. The van der Waals surface area contributed by atoms with E-state index in [9.17, 15) is 4.79 Å². The van der Waals surface area contributed by atoms with Crippen molar-refractivity contribution in [1.82, 2.24) is 14.8 Å². The summed E-state index contributed by atoms with van der Waals surface area (Å²) >= 11 is 0. The van der Waals surface area contributed by atoms with Gasteiger partial charge in [-0.15, -0.1) is 0 Å². The van der Waals surface area contributed by atoms with Crippen molar-refractivity contribution in [3.8, 4) is 28.4 Å². The van der Waals surface area contributed by atoms with Crippen LogP contribution < -0.4 is 19.5 Å². The van der Waals surface area contributed by atoms with E-state index >= 15 is 0 Å². The van der Waals surface area contributed by atoms with Crippen LogP contribution in [-0.2, 0) is 4.79 Å². The Kier molecular flexibility index (Phi) is 6.07. The maximum absolute atomic E-state index is 13.8. The van der Waals surface area contributed by atoms with Crippen molar-refractivity contribution in [2.24, 2.45) is 0 Å². The van der Waals surface area contributed by atoms with Gasteiger partial charge in [0.05, 0.1) is 21.3 Å². The number of ether oxygens (including phenoxy) is 3. The molecule has 0 saturated heterocycles. The zero-order chi connectivity index (χ0) is 26.2. The van der Waals surface area contributed by atoms with Gasteiger partial charge in [-0.3, -0.25) is 4.79 Å². The molecule has 0 fully saturated rings. The van der Waals surface area contributed by atoms with Crippen LogP contribution in [0.1, 0.15) is 35.9 Å². The molecule has 8 nitrogen and oxygen atoms in total. The molecule has 0 saturated carbocycles. The summed E-state index contributed by atoms with van der Waals surface area (Å²) in [6, 6.07) is 22.1. The van der Waals surface area contributed by atoms with Gasteiger partial charge in [0.2, 0.25) is 11.7 Å². The molecule has 1 aliphatic carbocycles. The van der Waals surface area contributed by atoms with Gasteiger partial charge in [-0.05, 0) is 46.7 Å². The molecule has 2 atom stereocenters. The van der Waals surface area contributed by atoms with Crippen LogP contribution in [0.5, 0.6) is 17.2 Å². The lowest BCUT2D eigenvalue weighted by molar-refractivity contribution is -0.116. The number of rotatable bonds is 6. The second-order valence-corrected chi connectivity index (χ2v) is 9.42. The normalized spacial score (nSPS) is 18.3. The number of aromatic nitrogens is 3. The van der Waals surface area contributed by atoms with Crippen LogP contribution in [0, 0.1) is 0 Å². The lowest BCUT2D eigenvalue weighted by atomic mass is 9.77. The fraction of sp³-hybridized carbons (Fsp3) is 0.233. The molecule has 3 aromatic carbocycles. The van der Waals surface area contributed by atoms with Crippen molar-refractivity contribution in [1.29, 1.82) is 0 Å². The van der Waals surface area contributed by atoms with Crippen LogP contribution in [-0.4, -0.2) is 41.9 Å². The first-order chi connectivity index (χ1) is 18.6. The number of allylic oxidation sites excluding steroid dienone is 2. The molecule has 8 heteroatoms. The lowest BCUT2D eigenvalue weighted by Gasteiger charge is -2.35. The van der Waals surface area contributed by atoms with Gasteiger partial charge in [-0.2, -0.15) is 10.1 Å². The number of hydrogen-bond acceptors (Lipinski definition) is 7. The minimum atomic E-state index is -0.345. The van der Waals surface area contributed by atoms with Crippen molar-refractivity contribution >= 4 is 11.7 Å². The number of anilines is 1.